The first-order valence-electron chi connectivity index (χ1n) is 8.74. The number of pyridine rings is 1. The van der Waals surface area contributed by atoms with E-state index in [1.165, 1.54) is 41.0 Å². The molecule has 0 bridgehead atoms. The Morgan fingerprint density at radius 3 is 2.62 bits per heavy atom. The van der Waals surface area contributed by atoms with Gasteiger partial charge in [0.2, 0.25) is 5.91 Å². The van der Waals surface area contributed by atoms with Crippen LogP contribution in [0.1, 0.15) is 17.3 Å². The van der Waals surface area contributed by atoms with Gasteiger partial charge in [0.25, 0.3) is 11.2 Å². The molecule has 1 N–H and O–H groups in total. The van der Waals surface area contributed by atoms with E-state index in [2.05, 4.69) is 5.32 Å². The van der Waals surface area contributed by atoms with Gasteiger partial charge in [0.15, 0.2) is 0 Å². The second-order valence-electron chi connectivity index (χ2n) is 6.07. The van der Waals surface area contributed by atoms with Crippen LogP contribution in [0.4, 0.5) is 11.4 Å². The van der Waals surface area contributed by atoms with Crippen LogP contribution in [0.15, 0.2) is 59.4 Å². The Kier molecular flexibility index (Phi) is 5.68. The number of fused-ring (bicyclic) bond motifs is 1. The van der Waals surface area contributed by atoms with Crippen LogP contribution >= 0.6 is 0 Å². The van der Waals surface area contributed by atoms with Gasteiger partial charge in [0.1, 0.15) is 6.54 Å². The van der Waals surface area contributed by atoms with Crippen molar-refractivity contribution in [3.63, 3.8) is 0 Å². The number of anilines is 1. The predicted octanol–water partition coefficient (Wildman–Crippen LogP) is 2.73. The van der Waals surface area contributed by atoms with Crippen molar-refractivity contribution in [2.24, 2.45) is 0 Å². The molecule has 29 heavy (non-hydrogen) atoms. The number of hydrogen-bond donors (Lipinski definition) is 1. The topological polar surface area (TPSA) is 121 Å². The quantitative estimate of drug-likeness (QED) is 0.389. The number of carbonyl (C=O) groups is 2. The summed E-state index contributed by atoms with van der Waals surface area (Å²) in [5, 5.41) is 14.0. The summed E-state index contributed by atoms with van der Waals surface area (Å²) in [6, 6.07) is 13.1. The molecule has 1 aromatic heterocycles. The lowest BCUT2D eigenvalue weighted by Crippen LogP contribution is -2.28. The summed E-state index contributed by atoms with van der Waals surface area (Å²) in [6.07, 6.45) is 0. The highest BCUT2D eigenvalue weighted by Crippen LogP contribution is 2.20. The monoisotopic (exact) mass is 395 g/mol. The molecule has 0 saturated carbocycles. The number of benzene rings is 2. The molecule has 0 radical (unpaired) electrons. The minimum absolute atomic E-state index is 0.115. The highest BCUT2D eigenvalue weighted by molar-refractivity contribution is 6.01. The van der Waals surface area contributed by atoms with Gasteiger partial charge in [-0.25, -0.2) is 4.79 Å². The molecule has 1 amide bonds. The summed E-state index contributed by atoms with van der Waals surface area (Å²) in [5.41, 5.74) is 0.302. The van der Waals surface area contributed by atoms with Crippen molar-refractivity contribution in [1.29, 1.82) is 0 Å². The third kappa shape index (κ3) is 4.29. The molecule has 0 spiro atoms. The molecule has 148 valence electrons. The van der Waals surface area contributed by atoms with Gasteiger partial charge in [0.05, 0.1) is 28.3 Å². The van der Waals surface area contributed by atoms with Crippen molar-refractivity contribution < 1.29 is 19.2 Å². The fourth-order valence-electron chi connectivity index (χ4n) is 2.88. The van der Waals surface area contributed by atoms with Crippen molar-refractivity contribution in [1.82, 2.24) is 4.57 Å². The van der Waals surface area contributed by atoms with Crippen molar-refractivity contribution >= 4 is 34.2 Å². The number of ether oxygens (including phenoxy) is 1. The molecular weight excluding hydrogens is 378 g/mol. The van der Waals surface area contributed by atoms with E-state index in [0.717, 1.165) is 0 Å². The normalized spacial score (nSPS) is 10.5. The van der Waals surface area contributed by atoms with Gasteiger partial charge in [-0.05, 0) is 31.2 Å². The molecule has 2 aromatic carbocycles. The maximum atomic E-state index is 12.6. The van der Waals surface area contributed by atoms with Crippen LogP contribution in [0.2, 0.25) is 0 Å². The Hall–Kier alpha value is -4.01. The zero-order valence-electron chi connectivity index (χ0n) is 15.5. The molecule has 0 aliphatic heterocycles. The van der Waals surface area contributed by atoms with E-state index in [-0.39, 0.29) is 30.1 Å². The number of esters is 1. The average Bonchev–Trinajstić information content (AvgIpc) is 2.70. The Morgan fingerprint density at radius 1 is 1.14 bits per heavy atom. The summed E-state index contributed by atoms with van der Waals surface area (Å²) in [5.74, 6) is -1.10. The number of non-ortho nitro benzene ring substituents is 1. The van der Waals surface area contributed by atoms with Gasteiger partial charge in [0, 0.05) is 23.6 Å². The smallest absolute Gasteiger partial charge is 0.340 e. The van der Waals surface area contributed by atoms with Crippen LogP contribution in [0.3, 0.4) is 0 Å². The van der Waals surface area contributed by atoms with Crippen molar-refractivity contribution in [3.8, 4) is 0 Å². The number of hydrogen-bond acceptors (Lipinski definition) is 6. The second kappa shape index (κ2) is 8.34. The lowest BCUT2D eigenvalue weighted by atomic mass is 10.1. The first-order chi connectivity index (χ1) is 13.9. The molecular formula is C20H17N3O6. The van der Waals surface area contributed by atoms with Crippen molar-refractivity contribution in [3.05, 3.63) is 80.6 Å². The van der Waals surface area contributed by atoms with Crippen LogP contribution in [0, 0.1) is 10.1 Å². The number of nitrogens with one attached hydrogen (secondary N) is 1. The number of nitro benzene ring substituents is 1. The van der Waals surface area contributed by atoms with Crippen LogP contribution < -0.4 is 10.9 Å². The zero-order valence-corrected chi connectivity index (χ0v) is 15.5. The minimum atomic E-state index is -0.571. The first kappa shape index (κ1) is 19.7. The number of rotatable bonds is 6. The minimum Gasteiger partial charge on any atom is -0.462 e. The Labute approximate surface area is 164 Å². The number of aromatic nitrogens is 1. The van der Waals surface area contributed by atoms with E-state index in [1.54, 1.807) is 25.1 Å². The molecule has 0 aliphatic rings. The SMILES string of the molecule is CCOC(=O)c1ccccc1NC(=O)Cn1c(=O)ccc2cc([N+](=O)[O-])ccc21. The maximum Gasteiger partial charge on any atom is 0.340 e. The first-order valence-corrected chi connectivity index (χ1v) is 8.74. The molecule has 0 aliphatic carbocycles. The molecule has 1 heterocycles. The van der Waals surface area contributed by atoms with Crippen LogP contribution in [0.5, 0.6) is 0 Å². The zero-order chi connectivity index (χ0) is 21.0. The summed E-state index contributed by atoms with van der Waals surface area (Å²) in [7, 11) is 0. The molecule has 0 fully saturated rings. The highest BCUT2D eigenvalue weighted by Gasteiger charge is 2.16. The van der Waals surface area contributed by atoms with Gasteiger partial charge >= 0.3 is 5.97 Å². The largest absolute Gasteiger partial charge is 0.462 e. The fraction of sp³-hybridized carbons (Fsp3) is 0.150. The van der Waals surface area contributed by atoms with Crippen molar-refractivity contribution in [2.45, 2.75) is 13.5 Å². The van der Waals surface area contributed by atoms with E-state index in [0.29, 0.717) is 10.9 Å². The van der Waals surface area contributed by atoms with Crippen LogP contribution in [-0.2, 0) is 16.1 Å². The maximum absolute atomic E-state index is 12.6. The second-order valence-corrected chi connectivity index (χ2v) is 6.07. The van der Waals surface area contributed by atoms with Gasteiger partial charge in [-0.2, -0.15) is 0 Å². The third-order valence-electron chi connectivity index (χ3n) is 4.18. The van der Waals surface area contributed by atoms with E-state index < -0.39 is 22.4 Å². The van der Waals surface area contributed by atoms with E-state index in [4.69, 9.17) is 4.74 Å². The lowest BCUT2D eigenvalue weighted by molar-refractivity contribution is -0.384. The van der Waals surface area contributed by atoms with E-state index >= 15 is 0 Å². The standard InChI is InChI=1S/C20H17N3O6/c1-2-29-20(26)15-5-3-4-6-16(15)21-18(24)12-22-17-9-8-14(23(27)28)11-13(17)7-10-19(22)25/h3-11H,2,12H2,1H3,(H,21,24). The van der Waals surface area contributed by atoms with Crippen LogP contribution in [-0.4, -0.2) is 28.0 Å². The van der Waals surface area contributed by atoms with Gasteiger partial charge in [-0.3, -0.25) is 24.3 Å². The number of para-hydroxylation sites is 1. The summed E-state index contributed by atoms with van der Waals surface area (Å²) in [6.45, 7) is 1.54. The highest BCUT2D eigenvalue weighted by atomic mass is 16.6. The summed E-state index contributed by atoms with van der Waals surface area (Å²) in [4.78, 5) is 47.3. The van der Waals surface area contributed by atoms with Gasteiger partial charge in [-0.1, -0.05) is 12.1 Å². The number of carbonyl (C=O) groups excluding carboxylic acids is 2. The molecule has 0 atom stereocenters. The summed E-state index contributed by atoms with van der Waals surface area (Å²) < 4.78 is 6.18. The molecule has 3 aromatic rings. The Bertz CT molecular complexity index is 1170. The fourth-order valence-corrected chi connectivity index (χ4v) is 2.88. The number of nitrogens with zero attached hydrogens (tertiary/aromatic N) is 2. The lowest BCUT2D eigenvalue weighted by Gasteiger charge is -2.12. The predicted molar refractivity (Wildman–Crippen MR) is 106 cm³/mol. The van der Waals surface area contributed by atoms with E-state index in [1.807, 2.05) is 0 Å². The number of nitro groups is 1. The van der Waals surface area contributed by atoms with Crippen LogP contribution in [0.25, 0.3) is 10.9 Å². The molecule has 3 rings (SSSR count). The molecule has 9 nitrogen and oxygen atoms in total. The Morgan fingerprint density at radius 2 is 1.90 bits per heavy atom. The number of amides is 1. The molecule has 0 unspecified atom stereocenters. The third-order valence-corrected chi connectivity index (χ3v) is 4.18. The van der Waals surface area contributed by atoms with E-state index in [9.17, 15) is 24.5 Å². The molecule has 0 saturated heterocycles. The van der Waals surface area contributed by atoms with Crippen molar-refractivity contribution in [2.75, 3.05) is 11.9 Å². The summed E-state index contributed by atoms with van der Waals surface area (Å²) >= 11 is 0. The van der Waals surface area contributed by atoms with Gasteiger partial charge in [-0.15, -0.1) is 0 Å². The Balaban J connectivity index is 1.89. The average molecular weight is 395 g/mol. The molecule has 9 heteroatoms. The van der Waals surface area contributed by atoms with Gasteiger partial charge < -0.3 is 10.1 Å².